The maximum absolute atomic E-state index is 13.1. The van der Waals surface area contributed by atoms with Crippen LogP contribution in [0.5, 0.6) is 0 Å². The molecule has 0 bridgehead atoms. The van der Waals surface area contributed by atoms with Crippen LogP contribution in [-0.4, -0.2) is 71.6 Å². The Balaban J connectivity index is 0.00000320. The summed E-state index contributed by atoms with van der Waals surface area (Å²) in [6.07, 6.45) is 4.38. The number of nitrogens with one attached hydrogen (secondary N) is 1. The predicted molar refractivity (Wildman–Crippen MR) is 150 cm³/mol. The number of hydrogen-bond acceptors (Lipinski definition) is 4. The average Bonchev–Trinajstić information content (AvgIpc) is 3.26. The van der Waals surface area contributed by atoms with E-state index in [1.165, 1.54) is 0 Å². The lowest BCUT2D eigenvalue weighted by Crippen LogP contribution is -2.46. The van der Waals surface area contributed by atoms with Crippen LogP contribution in [0, 0.1) is 5.92 Å². The van der Waals surface area contributed by atoms with Gasteiger partial charge < -0.3 is 20.2 Å². The van der Waals surface area contributed by atoms with E-state index in [0.717, 1.165) is 81.5 Å². The Labute approximate surface area is 234 Å². The molecule has 200 valence electrons. The molecule has 5 rings (SSSR count). The third kappa shape index (κ3) is 6.26. The van der Waals surface area contributed by atoms with Crippen LogP contribution in [0.4, 0.5) is 0 Å². The Bertz CT molecular complexity index is 1090. The number of carbonyl (C=O) groups excluding carboxylic acids is 2. The van der Waals surface area contributed by atoms with Crippen molar-refractivity contribution in [3.05, 3.63) is 57.6 Å². The summed E-state index contributed by atoms with van der Waals surface area (Å²) in [4.78, 5) is 29.8. The zero-order valence-electron chi connectivity index (χ0n) is 20.8. The first-order valence-electron chi connectivity index (χ1n) is 13.0. The summed E-state index contributed by atoms with van der Waals surface area (Å²) < 4.78 is 0. The fourth-order valence-electron chi connectivity index (χ4n) is 5.75. The van der Waals surface area contributed by atoms with E-state index in [2.05, 4.69) is 5.32 Å². The van der Waals surface area contributed by atoms with Crippen molar-refractivity contribution in [3.63, 3.8) is 0 Å². The van der Waals surface area contributed by atoms with Gasteiger partial charge >= 0.3 is 0 Å². The molecule has 3 fully saturated rings. The lowest BCUT2D eigenvalue weighted by atomic mass is 9.92. The average molecular weight is 567 g/mol. The molecule has 0 unspecified atom stereocenters. The number of amides is 2. The van der Waals surface area contributed by atoms with E-state index in [4.69, 9.17) is 23.2 Å². The lowest BCUT2D eigenvalue weighted by Gasteiger charge is -2.33. The molecule has 2 aromatic rings. The van der Waals surface area contributed by atoms with Crippen molar-refractivity contribution in [2.24, 2.45) is 5.92 Å². The number of carbonyl (C=O) groups is 2. The summed E-state index contributed by atoms with van der Waals surface area (Å²) in [5.41, 5.74) is 3.30. The van der Waals surface area contributed by atoms with Gasteiger partial charge in [0.1, 0.15) is 0 Å². The van der Waals surface area contributed by atoms with Gasteiger partial charge in [-0.3, -0.25) is 9.59 Å². The molecule has 0 aromatic heterocycles. The molecule has 2 heterocycles. The van der Waals surface area contributed by atoms with Gasteiger partial charge in [-0.05, 0) is 79.5 Å². The van der Waals surface area contributed by atoms with Gasteiger partial charge in [0.25, 0.3) is 5.91 Å². The van der Waals surface area contributed by atoms with Crippen LogP contribution >= 0.6 is 35.6 Å². The topological polar surface area (TPSA) is 72.9 Å². The summed E-state index contributed by atoms with van der Waals surface area (Å²) in [6, 6.07) is 11.6. The molecule has 0 radical (unpaired) electrons. The van der Waals surface area contributed by atoms with Crippen molar-refractivity contribution in [2.45, 2.75) is 50.7 Å². The van der Waals surface area contributed by atoms with Crippen LogP contribution in [0.3, 0.4) is 0 Å². The molecule has 2 N–H and O–H groups in total. The van der Waals surface area contributed by atoms with Crippen molar-refractivity contribution >= 4 is 47.4 Å². The molecule has 0 spiro atoms. The Kier molecular flexibility index (Phi) is 9.41. The van der Waals surface area contributed by atoms with Gasteiger partial charge in [-0.25, -0.2) is 0 Å². The molecule has 37 heavy (non-hydrogen) atoms. The zero-order valence-corrected chi connectivity index (χ0v) is 23.1. The van der Waals surface area contributed by atoms with Crippen molar-refractivity contribution in [1.29, 1.82) is 0 Å². The monoisotopic (exact) mass is 565 g/mol. The normalized spacial score (nSPS) is 24.2. The van der Waals surface area contributed by atoms with Crippen LogP contribution in [0.2, 0.25) is 10.0 Å². The predicted octanol–water partition coefficient (Wildman–Crippen LogP) is 4.82. The molecule has 9 heteroatoms. The zero-order chi connectivity index (χ0) is 25.2. The smallest absolute Gasteiger partial charge is 0.253 e. The molecule has 1 saturated carbocycles. The Morgan fingerprint density at radius 1 is 0.919 bits per heavy atom. The molecular weight excluding hydrogens is 533 g/mol. The highest BCUT2D eigenvalue weighted by Gasteiger charge is 2.37. The highest BCUT2D eigenvalue weighted by Crippen LogP contribution is 2.36. The fourth-order valence-corrected chi connectivity index (χ4v) is 6.39. The molecule has 2 saturated heterocycles. The standard InChI is InChI=1S/C28H33Cl2N3O3.ClH/c29-25-16-21(18-1-3-19(4-2-18)27(35)32-13-10-31-11-14-32)17-26(30)24(25)15-20-9-12-33(28(20)36)22-5-7-23(34)8-6-22;/h1-4,16-17,20,22-23,31,34H,5-15H2;1H/t20-,22-,23+;/m0./s1. The van der Waals surface area contributed by atoms with Crippen molar-refractivity contribution in [2.75, 3.05) is 32.7 Å². The summed E-state index contributed by atoms with van der Waals surface area (Å²) >= 11 is 13.4. The van der Waals surface area contributed by atoms with Gasteiger partial charge in [0.2, 0.25) is 5.91 Å². The van der Waals surface area contributed by atoms with E-state index in [0.29, 0.717) is 22.0 Å². The Morgan fingerprint density at radius 3 is 2.16 bits per heavy atom. The molecule has 2 aromatic carbocycles. The highest BCUT2D eigenvalue weighted by atomic mass is 35.5. The molecule has 2 amide bonds. The number of aliphatic hydroxyl groups is 1. The lowest BCUT2D eigenvalue weighted by molar-refractivity contribution is -0.133. The third-order valence-corrected chi connectivity index (χ3v) is 8.59. The van der Waals surface area contributed by atoms with Crippen molar-refractivity contribution in [3.8, 4) is 11.1 Å². The highest BCUT2D eigenvalue weighted by molar-refractivity contribution is 6.36. The van der Waals surface area contributed by atoms with Crippen LogP contribution in [0.1, 0.15) is 48.0 Å². The van der Waals surface area contributed by atoms with Crippen molar-refractivity contribution < 1.29 is 14.7 Å². The quantitative estimate of drug-likeness (QED) is 0.544. The summed E-state index contributed by atoms with van der Waals surface area (Å²) in [5.74, 6) is 0.111. The maximum Gasteiger partial charge on any atom is 0.253 e. The largest absolute Gasteiger partial charge is 0.393 e. The van der Waals surface area contributed by atoms with E-state index in [-0.39, 0.29) is 42.3 Å². The van der Waals surface area contributed by atoms with Gasteiger partial charge in [-0.2, -0.15) is 0 Å². The van der Waals surface area contributed by atoms with E-state index in [9.17, 15) is 14.7 Å². The SMILES string of the molecule is Cl.O=C(c1ccc(-c2cc(Cl)c(C[C@@H]3CCN([C@H]4CC[C@@H](O)CC4)C3=O)c(Cl)c2)cc1)N1CCNCC1. The van der Waals surface area contributed by atoms with Gasteiger partial charge in [0.15, 0.2) is 0 Å². The Morgan fingerprint density at radius 2 is 1.54 bits per heavy atom. The molecule has 2 aliphatic heterocycles. The minimum Gasteiger partial charge on any atom is -0.393 e. The number of hydrogen-bond donors (Lipinski definition) is 2. The molecule has 1 aliphatic carbocycles. The number of piperazine rings is 1. The molecule has 1 atom stereocenters. The van der Waals surface area contributed by atoms with Crippen LogP contribution in [-0.2, 0) is 11.2 Å². The Hall–Kier alpha value is -1.83. The first-order valence-corrected chi connectivity index (χ1v) is 13.7. The first-order chi connectivity index (χ1) is 17.4. The molecule has 3 aliphatic rings. The number of halogens is 3. The van der Waals surface area contributed by atoms with Crippen LogP contribution in [0.25, 0.3) is 11.1 Å². The van der Waals surface area contributed by atoms with E-state index < -0.39 is 0 Å². The third-order valence-electron chi connectivity index (χ3n) is 7.92. The number of benzene rings is 2. The number of nitrogens with zero attached hydrogens (tertiary/aromatic N) is 2. The van der Waals surface area contributed by atoms with Crippen LogP contribution < -0.4 is 5.32 Å². The van der Waals surface area contributed by atoms with Gasteiger partial charge in [-0.1, -0.05) is 35.3 Å². The first kappa shape index (κ1) is 28.2. The van der Waals surface area contributed by atoms with Crippen molar-refractivity contribution in [1.82, 2.24) is 15.1 Å². The van der Waals surface area contributed by atoms with Gasteiger partial charge in [-0.15, -0.1) is 12.4 Å². The minimum atomic E-state index is -0.227. The molecular formula is C28H34Cl3N3O3. The minimum absolute atomic E-state index is 0. The number of rotatable bonds is 5. The van der Waals surface area contributed by atoms with Crippen LogP contribution in [0.15, 0.2) is 36.4 Å². The van der Waals surface area contributed by atoms with E-state index in [1.54, 1.807) is 0 Å². The molecule has 6 nitrogen and oxygen atoms in total. The summed E-state index contributed by atoms with van der Waals surface area (Å²) in [7, 11) is 0. The van der Waals surface area contributed by atoms with Gasteiger partial charge in [0, 0.05) is 60.3 Å². The second-order valence-electron chi connectivity index (χ2n) is 10.2. The maximum atomic E-state index is 13.1. The van der Waals surface area contributed by atoms with E-state index in [1.807, 2.05) is 46.2 Å². The van der Waals surface area contributed by atoms with Gasteiger partial charge in [0.05, 0.1) is 6.10 Å². The summed E-state index contributed by atoms with van der Waals surface area (Å²) in [5, 5.41) is 14.2. The number of likely N-dealkylation sites (tertiary alicyclic amines) is 1. The fraction of sp³-hybridized carbons (Fsp3) is 0.500. The second-order valence-corrected chi connectivity index (χ2v) is 11.0. The second kappa shape index (κ2) is 12.4. The summed E-state index contributed by atoms with van der Waals surface area (Å²) in [6.45, 7) is 3.85. The number of aliphatic hydroxyl groups excluding tert-OH is 1. The van der Waals surface area contributed by atoms with E-state index >= 15 is 0 Å².